The molecule has 550 valence electrons. The minimum atomic E-state index is -0.294. The molecule has 1 saturated heterocycles. The summed E-state index contributed by atoms with van der Waals surface area (Å²) in [5.41, 5.74) is 14.9. The van der Waals surface area contributed by atoms with Crippen molar-refractivity contribution in [1.29, 1.82) is 0 Å². The molecule has 0 bridgehead atoms. The first-order valence-corrected chi connectivity index (χ1v) is 39.8. The van der Waals surface area contributed by atoms with Crippen molar-refractivity contribution < 1.29 is 33.5 Å². The van der Waals surface area contributed by atoms with Crippen molar-refractivity contribution in [3.63, 3.8) is 0 Å². The van der Waals surface area contributed by atoms with E-state index in [4.69, 9.17) is 28.4 Å². The maximum Gasteiger partial charge on any atom is 0.189 e. The number of ether oxygens (including phenoxy) is 6. The second-order valence-electron chi connectivity index (χ2n) is 35.2. The van der Waals surface area contributed by atoms with Gasteiger partial charge in [-0.25, -0.2) is 0 Å². The number of rotatable bonds is 26. The van der Waals surface area contributed by atoms with Crippen LogP contribution in [0.2, 0.25) is 0 Å². The van der Waals surface area contributed by atoms with Gasteiger partial charge in [-0.3, -0.25) is 0 Å². The maximum absolute atomic E-state index is 10.0. The summed E-state index contributed by atoms with van der Waals surface area (Å²) in [5.74, 6) is 2.20. The van der Waals surface area contributed by atoms with Crippen molar-refractivity contribution >= 4 is 59.7 Å². The second-order valence-corrected chi connectivity index (χ2v) is 42.8. The zero-order valence-corrected chi connectivity index (χ0v) is 70.7. The Morgan fingerprint density at radius 2 is 0.667 bits per heavy atom. The van der Waals surface area contributed by atoms with E-state index < -0.39 is 0 Å². The van der Waals surface area contributed by atoms with E-state index in [9.17, 15) is 5.11 Å². The lowest BCUT2D eigenvalue weighted by atomic mass is 9.77. The van der Waals surface area contributed by atoms with Gasteiger partial charge in [0, 0.05) is 68.3 Å². The Labute approximate surface area is 625 Å². The van der Waals surface area contributed by atoms with Gasteiger partial charge in [0.05, 0.1) is 27.3 Å². The van der Waals surface area contributed by atoms with Crippen molar-refractivity contribution in [2.24, 2.45) is 0 Å². The molecule has 0 atom stereocenters. The van der Waals surface area contributed by atoms with Crippen molar-refractivity contribution in [3.05, 3.63) is 176 Å². The van der Waals surface area contributed by atoms with Crippen LogP contribution < -0.4 is 9.47 Å². The van der Waals surface area contributed by atoms with Crippen molar-refractivity contribution in [1.82, 2.24) is 0 Å². The Morgan fingerprint density at radius 3 is 0.929 bits per heavy atom. The summed E-state index contributed by atoms with van der Waals surface area (Å²) in [7, 11) is 0. The van der Waals surface area contributed by atoms with E-state index in [0.717, 1.165) is 53.4 Å². The predicted molar refractivity (Wildman–Crippen MR) is 435 cm³/mol. The number of hydrogen-bond acceptors (Lipinski definition) is 12. The molecule has 1 aliphatic heterocycles. The third kappa shape index (κ3) is 26.8. The van der Waals surface area contributed by atoms with E-state index in [-0.39, 0.29) is 71.7 Å². The summed E-state index contributed by atoms with van der Waals surface area (Å²) in [6.45, 7) is 68.4. The Bertz CT molecular complexity index is 3410. The van der Waals surface area contributed by atoms with Crippen LogP contribution in [0, 0.1) is 13.8 Å². The summed E-state index contributed by atoms with van der Waals surface area (Å²) in [5, 5.41) is 10.0. The summed E-state index contributed by atoms with van der Waals surface area (Å²) in [6.07, 6.45) is 4.04. The molecule has 0 spiro atoms. The molecular weight excluding hydrogens is 1320 g/mol. The highest BCUT2D eigenvalue weighted by atomic mass is 32.2. The van der Waals surface area contributed by atoms with Gasteiger partial charge >= 0.3 is 0 Å². The topological polar surface area (TPSA) is 75.6 Å². The van der Waals surface area contributed by atoms with Crippen LogP contribution in [0.3, 0.4) is 0 Å². The minimum absolute atomic E-state index is 0.0629. The van der Waals surface area contributed by atoms with Crippen molar-refractivity contribution in [3.8, 4) is 11.5 Å². The monoisotopic (exact) mass is 1450 g/mol. The summed E-state index contributed by atoms with van der Waals surface area (Å²) < 4.78 is 35.5. The Balaban J connectivity index is 0.000000333. The van der Waals surface area contributed by atoms with E-state index in [1.165, 1.54) is 76.9 Å². The largest absolute Gasteiger partial charge is 0.467 e. The van der Waals surface area contributed by atoms with E-state index in [1.807, 2.05) is 83.4 Å². The lowest BCUT2D eigenvalue weighted by Gasteiger charge is -2.34. The highest BCUT2D eigenvalue weighted by Crippen LogP contribution is 2.53. The average Bonchev–Trinajstić information content (AvgIpc) is 1.64. The molecule has 1 aliphatic rings. The van der Waals surface area contributed by atoms with Crippen LogP contribution in [0.1, 0.15) is 272 Å². The molecule has 0 saturated carbocycles. The van der Waals surface area contributed by atoms with Gasteiger partial charge in [-0.2, -0.15) is 12.6 Å². The van der Waals surface area contributed by atoms with Gasteiger partial charge in [0.15, 0.2) is 13.6 Å². The van der Waals surface area contributed by atoms with Gasteiger partial charge in [-0.1, -0.05) is 213 Å². The van der Waals surface area contributed by atoms with E-state index in [2.05, 4.69) is 279 Å². The molecule has 99 heavy (non-hydrogen) atoms. The smallest absolute Gasteiger partial charge is 0.189 e. The SMILES string of the molecule is C1CCOC1.Cc1c(C(C)(C)C)cc(SC(C)(C)Sc2cc(C(C)(C)C)c(OCOCc3ccccc3)c(C(C)(C)CCO)c2)cc1C(C)(C)C.Cc1c(C(C)(C)C)cc(SC(C)(C)Sc2cc(C(C)(C)C)c(OCOCc3ccccc3)c(C(C)(C)CCOCS)c2)cc1C(C)(C)C. The number of thiol groups is 1. The molecule has 1 N–H and O–H groups in total. The summed E-state index contributed by atoms with van der Waals surface area (Å²) in [4.78, 5) is 5.09. The van der Waals surface area contributed by atoms with Crippen LogP contribution in [0.25, 0.3) is 0 Å². The third-order valence-electron chi connectivity index (χ3n) is 18.0. The molecule has 12 heteroatoms. The number of thioether (sulfide) groups is 4. The molecule has 0 aliphatic carbocycles. The van der Waals surface area contributed by atoms with Gasteiger partial charge in [-0.15, -0.1) is 47.0 Å². The zero-order valence-electron chi connectivity index (χ0n) is 66.6. The summed E-state index contributed by atoms with van der Waals surface area (Å²) >= 11 is 12.0. The molecule has 0 radical (unpaired) electrons. The molecule has 6 aromatic carbocycles. The van der Waals surface area contributed by atoms with Crippen LogP contribution in [0.5, 0.6) is 11.5 Å². The first kappa shape index (κ1) is 86.1. The van der Waals surface area contributed by atoms with Crippen LogP contribution >= 0.6 is 59.7 Å². The molecule has 0 unspecified atom stereocenters. The first-order chi connectivity index (χ1) is 45.6. The standard InChI is InChI=1S/C42H62O3S3.C41H60O3S2.C4H8O/c1-29-33(38(2,3)4)22-31(23-34(29)39(5,6)7)47-42(13,14)48-32-24-35(40(8,9)10)37(36(25-32)41(11,12)20-21-43-28-46)45-27-44-26-30-18-16-15-17-19-30;1-28-32(37(2,3)4)22-30(23-33(28)38(5,6)7)45-41(13,14)46-31-24-34(39(8,9)10)36(35(25-31)40(11,12)20-21-42)44-27-43-26-29-18-16-15-17-19-29;1-2-4-5-3-1/h15-19,22-25,46H,20-21,26-28H2,1-14H3;15-19,22-25,42H,20-21,26-27H2,1-14H3;1-4H2. The number of aliphatic hydroxyl groups is 1. The van der Waals surface area contributed by atoms with Crippen molar-refractivity contribution in [2.75, 3.05) is 46.0 Å². The number of benzene rings is 6. The minimum Gasteiger partial charge on any atom is -0.467 e. The molecule has 7 nitrogen and oxygen atoms in total. The average molecular weight is 1450 g/mol. The second kappa shape index (κ2) is 36.0. The molecule has 7 rings (SSSR count). The van der Waals surface area contributed by atoms with E-state index in [1.54, 1.807) is 0 Å². The predicted octanol–water partition coefficient (Wildman–Crippen LogP) is 25.2. The van der Waals surface area contributed by atoms with Gasteiger partial charge in [0.2, 0.25) is 0 Å². The molecule has 0 aromatic heterocycles. The van der Waals surface area contributed by atoms with Gasteiger partial charge in [-0.05, 0) is 204 Å². The highest BCUT2D eigenvalue weighted by Gasteiger charge is 2.36. The zero-order chi connectivity index (χ0) is 74.4. The quantitative estimate of drug-likeness (QED) is 0.0236. The van der Waals surface area contributed by atoms with Gasteiger partial charge in [0.25, 0.3) is 0 Å². The molecule has 0 amide bonds. The summed E-state index contributed by atoms with van der Waals surface area (Å²) in [6, 6.07) is 39.4. The maximum atomic E-state index is 10.0. The Morgan fingerprint density at radius 1 is 0.384 bits per heavy atom. The Hall–Kier alpha value is -3.53. The number of aliphatic hydroxyl groups excluding tert-OH is 1. The van der Waals surface area contributed by atoms with Gasteiger partial charge in [0.1, 0.15) is 11.5 Å². The van der Waals surface area contributed by atoms with Crippen LogP contribution in [0.4, 0.5) is 0 Å². The third-order valence-corrected chi connectivity index (χ3v) is 23.0. The fraction of sp³-hybridized carbons (Fsp3) is 0.586. The molecular formula is C87H130O7S5. The van der Waals surface area contributed by atoms with Crippen LogP contribution in [-0.2, 0) is 75.5 Å². The fourth-order valence-corrected chi connectivity index (χ4v) is 18.0. The van der Waals surface area contributed by atoms with Crippen LogP contribution in [0.15, 0.2) is 129 Å². The van der Waals surface area contributed by atoms with Gasteiger partial charge < -0.3 is 33.5 Å². The lowest BCUT2D eigenvalue weighted by molar-refractivity contribution is 0.00275. The fourth-order valence-electron chi connectivity index (χ4n) is 12.7. The normalized spacial score (nSPS) is 13.8. The van der Waals surface area contributed by atoms with Crippen LogP contribution in [-0.4, -0.2) is 59.2 Å². The highest BCUT2D eigenvalue weighted by molar-refractivity contribution is 8.18. The Kier molecular flexibility index (Phi) is 31.3. The molecule has 1 heterocycles. The van der Waals surface area contributed by atoms with E-state index in [0.29, 0.717) is 32.2 Å². The molecule has 1 fully saturated rings. The van der Waals surface area contributed by atoms with E-state index >= 15 is 0 Å². The molecule has 6 aromatic rings. The first-order valence-electron chi connectivity index (χ1n) is 35.9. The number of hydrogen-bond donors (Lipinski definition) is 2. The lowest BCUT2D eigenvalue weighted by Crippen LogP contribution is -2.24. The van der Waals surface area contributed by atoms with Crippen molar-refractivity contribution in [2.45, 2.75) is 304 Å².